The Morgan fingerprint density at radius 3 is 2.55 bits per heavy atom. The summed E-state index contributed by atoms with van der Waals surface area (Å²) in [5.74, 6) is 0. The van der Waals surface area contributed by atoms with Crippen molar-refractivity contribution < 1.29 is 13.3 Å². The Labute approximate surface area is 122 Å². The molecule has 112 valence electrons. The van der Waals surface area contributed by atoms with Crippen LogP contribution in [0.25, 0.3) is 0 Å². The van der Waals surface area contributed by atoms with E-state index in [2.05, 4.69) is 4.72 Å². The van der Waals surface area contributed by atoms with Gasteiger partial charge in [0, 0.05) is 24.7 Å². The Kier molecular flexibility index (Phi) is 5.46. The predicted molar refractivity (Wildman–Crippen MR) is 76.4 cm³/mol. The van der Waals surface area contributed by atoms with Crippen LogP contribution in [0.3, 0.4) is 0 Å². The molecule has 9 heteroatoms. The maximum atomic E-state index is 12.2. The molecule has 1 aromatic carbocycles. The number of nitrogens with one attached hydrogen (secondary N) is 1. The van der Waals surface area contributed by atoms with Crippen LogP contribution in [0.5, 0.6) is 0 Å². The number of rotatable bonds is 6. The van der Waals surface area contributed by atoms with E-state index in [0.29, 0.717) is 6.54 Å². The first-order valence-corrected chi connectivity index (χ1v) is 7.60. The van der Waals surface area contributed by atoms with Gasteiger partial charge in [-0.15, -0.1) is 0 Å². The lowest BCUT2D eigenvalue weighted by Crippen LogP contribution is -2.39. The third-order valence-electron chi connectivity index (χ3n) is 2.41. The lowest BCUT2D eigenvalue weighted by molar-refractivity contribution is -0.385. The van der Waals surface area contributed by atoms with Crippen LogP contribution >= 0.6 is 11.6 Å². The second-order valence-corrected chi connectivity index (χ2v) is 6.75. The van der Waals surface area contributed by atoms with Gasteiger partial charge in [-0.1, -0.05) is 11.6 Å². The first kappa shape index (κ1) is 16.8. The smallest absolute Gasteiger partial charge is 0.270 e. The molecule has 1 aromatic rings. The fourth-order valence-corrected chi connectivity index (χ4v) is 3.48. The third-order valence-corrected chi connectivity index (χ3v) is 4.48. The van der Waals surface area contributed by atoms with Crippen molar-refractivity contribution in [3.8, 4) is 0 Å². The molecule has 1 rings (SSSR count). The largest absolute Gasteiger partial charge is 0.308 e. The number of hydrogen-bond donors (Lipinski definition) is 1. The number of hydrogen-bond acceptors (Lipinski definition) is 5. The zero-order chi connectivity index (χ0) is 15.5. The van der Waals surface area contributed by atoms with E-state index < -0.39 is 14.9 Å². The number of nitro groups is 1. The van der Waals surface area contributed by atoms with Crippen molar-refractivity contribution in [3.05, 3.63) is 33.3 Å². The van der Waals surface area contributed by atoms with Gasteiger partial charge in [-0.25, -0.2) is 13.1 Å². The summed E-state index contributed by atoms with van der Waals surface area (Å²) in [4.78, 5) is 11.6. The first-order chi connectivity index (χ1) is 9.13. The highest BCUT2D eigenvalue weighted by molar-refractivity contribution is 7.89. The Balaban J connectivity index is 3.09. The summed E-state index contributed by atoms with van der Waals surface area (Å²) in [6, 6.07) is 2.95. The molecular formula is C11H16ClN3O4S. The van der Waals surface area contributed by atoms with Gasteiger partial charge in [0.15, 0.2) is 0 Å². The fourth-order valence-electron chi connectivity index (χ4n) is 1.72. The van der Waals surface area contributed by atoms with Gasteiger partial charge in [0.25, 0.3) is 5.69 Å². The minimum Gasteiger partial charge on any atom is -0.308 e. The number of nitrogens with zero attached hydrogens (tertiary/aromatic N) is 2. The third kappa shape index (κ3) is 4.41. The summed E-state index contributed by atoms with van der Waals surface area (Å²) in [7, 11) is -0.284. The highest BCUT2D eigenvalue weighted by atomic mass is 35.5. The molecule has 0 fully saturated rings. The van der Waals surface area contributed by atoms with Crippen LogP contribution in [-0.2, 0) is 10.0 Å². The zero-order valence-corrected chi connectivity index (χ0v) is 12.9. The molecule has 1 unspecified atom stereocenters. The van der Waals surface area contributed by atoms with Crippen LogP contribution in [0.1, 0.15) is 6.92 Å². The van der Waals surface area contributed by atoms with Crippen molar-refractivity contribution in [2.75, 3.05) is 20.6 Å². The van der Waals surface area contributed by atoms with E-state index in [4.69, 9.17) is 11.6 Å². The van der Waals surface area contributed by atoms with Crippen LogP contribution < -0.4 is 4.72 Å². The van der Waals surface area contributed by atoms with Gasteiger partial charge in [0.1, 0.15) is 4.90 Å². The molecule has 0 amide bonds. The minimum atomic E-state index is -3.90. The molecular weight excluding hydrogens is 306 g/mol. The Hall–Kier alpha value is -1.22. The number of benzene rings is 1. The summed E-state index contributed by atoms with van der Waals surface area (Å²) in [6.45, 7) is 2.19. The molecule has 0 saturated heterocycles. The van der Waals surface area contributed by atoms with Crippen molar-refractivity contribution in [1.82, 2.24) is 9.62 Å². The summed E-state index contributed by atoms with van der Waals surface area (Å²) in [5.41, 5.74) is -0.324. The average Bonchev–Trinajstić information content (AvgIpc) is 2.26. The fraction of sp³-hybridized carbons (Fsp3) is 0.455. The van der Waals surface area contributed by atoms with Crippen molar-refractivity contribution in [3.63, 3.8) is 0 Å². The van der Waals surface area contributed by atoms with Crippen LogP contribution in [-0.4, -0.2) is 44.9 Å². The summed E-state index contributed by atoms with van der Waals surface area (Å²) in [6.07, 6.45) is 0. The normalized spacial score (nSPS) is 13.4. The lowest BCUT2D eigenvalue weighted by Gasteiger charge is -2.18. The molecule has 0 aliphatic rings. The van der Waals surface area contributed by atoms with Crippen molar-refractivity contribution in [2.45, 2.75) is 17.9 Å². The topological polar surface area (TPSA) is 92.6 Å². The maximum Gasteiger partial charge on any atom is 0.270 e. The van der Waals surface area contributed by atoms with Gasteiger partial charge in [0.2, 0.25) is 10.0 Å². The molecule has 7 nitrogen and oxygen atoms in total. The molecule has 0 aliphatic carbocycles. The first-order valence-electron chi connectivity index (χ1n) is 5.74. The van der Waals surface area contributed by atoms with E-state index in [0.717, 1.165) is 12.1 Å². The predicted octanol–water partition coefficient (Wildman–Crippen LogP) is 1.48. The summed E-state index contributed by atoms with van der Waals surface area (Å²) >= 11 is 5.82. The highest BCUT2D eigenvalue weighted by Gasteiger charge is 2.23. The van der Waals surface area contributed by atoms with E-state index in [1.54, 1.807) is 6.92 Å². The van der Waals surface area contributed by atoms with E-state index >= 15 is 0 Å². The summed E-state index contributed by atoms with van der Waals surface area (Å²) in [5, 5.41) is 10.6. The number of nitro benzene ring substituents is 1. The number of likely N-dealkylation sites (N-methyl/N-ethyl adjacent to an activating group) is 1. The molecule has 0 heterocycles. The van der Waals surface area contributed by atoms with Crippen LogP contribution in [0, 0.1) is 10.1 Å². The molecule has 0 radical (unpaired) electrons. The average molecular weight is 322 g/mol. The standard InChI is InChI=1S/C11H16ClN3O4S/c1-8(7-14(2)3)13-20(18,19)11-6-9(15(16)17)4-5-10(11)12/h4-6,8,13H,7H2,1-3H3. The number of halogens is 1. The molecule has 0 aliphatic heterocycles. The highest BCUT2D eigenvalue weighted by Crippen LogP contribution is 2.26. The number of sulfonamides is 1. The lowest BCUT2D eigenvalue weighted by atomic mass is 10.3. The zero-order valence-electron chi connectivity index (χ0n) is 11.3. The summed E-state index contributed by atoms with van der Waals surface area (Å²) < 4.78 is 26.8. The van der Waals surface area contributed by atoms with Gasteiger partial charge < -0.3 is 4.90 Å². The quantitative estimate of drug-likeness (QED) is 0.632. The van der Waals surface area contributed by atoms with Gasteiger partial charge >= 0.3 is 0 Å². The monoisotopic (exact) mass is 321 g/mol. The van der Waals surface area contributed by atoms with E-state index in [1.807, 2.05) is 19.0 Å². The van der Waals surface area contributed by atoms with Crippen molar-refractivity contribution in [2.24, 2.45) is 0 Å². The van der Waals surface area contributed by atoms with Crippen molar-refractivity contribution in [1.29, 1.82) is 0 Å². The Bertz CT molecular complexity index is 604. The molecule has 0 saturated carbocycles. The number of non-ortho nitro benzene ring substituents is 1. The maximum absolute atomic E-state index is 12.2. The van der Waals surface area contributed by atoms with Crippen LogP contribution in [0.15, 0.2) is 23.1 Å². The SMILES string of the molecule is CC(CN(C)C)NS(=O)(=O)c1cc([N+](=O)[O-])ccc1Cl. The van der Waals surface area contributed by atoms with Crippen molar-refractivity contribution >= 4 is 27.3 Å². The van der Waals surface area contributed by atoms with Gasteiger partial charge in [-0.2, -0.15) is 0 Å². The molecule has 0 aromatic heterocycles. The van der Waals surface area contributed by atoms with Gasteiger partial charge in [-0.3, -0.25) is 10.1 Å². The van der Waals surface area contributed by atoms with Gasteiger partial charge in [0.05, 0.1) is 9.95 Å². The van der Waals surface area contributed by atoms with Gasteiger partial charge in [-0.05, 0) is 27.1 Å². The van der Waals surface area contributed by atoms with E-state index in [9.17, 15) is 18.5 Å². The Morgan fingerprint density at radius 1 is 1.45 bits per heavy atom. The molecule has 0 bridgehead atoms. The molecule has 1 N–H and O–H groups in total. The minimum absolute atomic E-state index is 0.0554. The van der Waals surface area contributed by atoms with Crippen LogP contribution in [0.4, 0.5) is 5.69 Å². The molecule has 20 heavy (non-hydrogen) atoms. The molecule has 1 atom stereocenters. The second-order valence-electron chi connectivity index (χ2n) is 4.66. The second kappa shape index (κ2) is 6.49. The van der Waals surface area contributed by atoms with E-state index in [1.165, 1.54) is 6.07 Å². The van der Waals surface area contributed by atoms with E-state index in [-0.39, 0.29) is 21.6 Å². The molecule has 0 spiro atoms. The van der Waals surface area contributed by atoms with Crippen LogP contribution in [0.2, 0.25) is 5.02 Å². The Morgan fingerprint density at radius 2 is 2.05 bits per heavy atom.